The highest BCUT2D eigenvalue weighted by molar-refractivity contribution is 5.78. The first-order chi connectivity index (χ1) is 6.16. The van der Waals surface area contributed by atoms with E-state index >= 15 is 0 Å². The second-order valence-corrected chi connectivity index (χ2v) is 4.16. The third-order valence-electron chi connectivity index (χ3n) is 3.06. The molecule has 0 spiro atoms. The fourth-order valence-corrected chi connectivity index (χ4v) is 2.14. The number of amides is 1. The Balaban J connectivity index is 2.02. The zero-order valence-corrected chi connectivity index (χ0v) is 8.36. The van der Waals surface area contributed by atoms with Gasteiger partial charge in [-0.05, 0) is 7.05 Å². The molecule has 74 valence electrons. The van der Waals surface area contributed by atoms with Gasteiger partial charge in [0, 0.05) is 39.3 Å². The van der Waals surface area contributed by atoms with Crippen molar-refractivity contribution in [1.82, 2.24) is 14.7 Å². The minimum absolute atomic E-state index is 0.265. The van der Waals surface area contributed by atoms with E-state index < -0.39 is 0 Å². The van der Waals surface area contributed by atoms with Gasteiger partial charge in [0.15, 0.2) is 0 Å². The summed E-state index contributed by atoms with van der Waals surface area (Å²) in [7, 11) is 4.04. The fourth-order valence-electron chi connectivity index (χ4n) is 2.14. The van der Waals surface area contributed by atoms with Crippen LogP contribution in [0.4, 0.5) is 0 Å². The Hall–Kier alpha value is -0.610. The van der Waals surface area contributed by atoms with E-state index in [9.17, 15) is 4.79 Å². The van der Waals surface area contributed by atoms with Crippen molar-refractivity contribution in [1.29, 1.82) is 0 Å². The van der Waals surface area contributed by atoms with Crippen molar-refractivity contribution in [3.8, 4) is 0 Å². The lowest BCUT2D eigenvalue weighted by Gasteiger charge is -2.45. The summed E-state index contributed by atoms with van der Waals surface area (Å²) in [6.45, 7) is 4.74. The lowest BCUT2D eigenvalue weighted by molar-refractivity contribution is -0.138. The maximum absolute atomic E-state index is 11.4. The molecule has 13 heavy (non-hydrogen) atoms. The monoisotopic (exact) mass is 183 g/mol. The molecule has 1 unspecified atom stereocenters. The summed E-state index contributed by atoms with van der Waals surface area (Å²) in [6.07, 6.45) is 0. The Bertz CT molecular complexity index is 219. The Morgan fingerprint density at radius 2 is 2.00 bits per heavy atom. The van der Waals surface area contributed by atoms with Crippen LogP contribution in [0.2, 0.25) is 0 Å². The summed E-state index contributed by atoms with van der Waals surface area (Å²) in [6, 6.07) is 0.557. The summed E-state index contributed by atoms with van der Waals surface area (Å²) in [5.74, 6) is 0.265. The topological polar surface area (TPSA) is 26.8 Å². The zero-order valence-electron chi connectivity index (χ0n) is 8.36. The molecule has 4 nitrogen and oxygen atoms in total. The minimum Gasteiger partial charge on any atom is -0.343 e. The fraction of sp³-hybridized carbons (Fsp3) is 0.889. The Labute approximate surface area is 79.1 Å². The molecule has 1 atom stereocenters. The zero-order chi connectivity index (χ0) is 9.42. The van der Waals surface area contributed by atoms with Gasteiger partial charge >= 0.3 is 0 Å². The van der Waals surface area contributed by atoms with Crippen molar-refractivity contribution in [2.24, 2.45) is 0 Å². The van der Waals surface area contributed by atoms with E-state index in [1.807, 2.05) is 11.9 Å². The second-order valence-electron chi connectivity index (χ2n) is 4.16. The van der Waals surface area contributed by atoms with Crippen LogP contribution >= 0.6 is 0 Å². The van der Waals surface area contributed by atoms with Gasteiger partial charge in [0.05, 0.1) is 6.54 Å². The van der Waals surface area contributed by atoms with E-state index in [0.717, 1.165) is 26.2 Å². The van der Waals surface area contributed by atoms with Gasteiger partial charge in [-0.1, -0.05) is 0 Å². The van der Waals surface area contributed by atoms with Gasteiger partial charge in [0.2, 0.25) is 5.91 Å². The molecule has 1 amide bonds. The Kier molecular flexibility index (Phi) is 2.26. The molecule has 0 aromatic heterocycles. The number of fused-ring (bicyclic) bond motifs is 1. The van der Waals surface area contributed by atoms with Gasteiger partial charge < -0.3 is 9.80 Å². The molecule has 0 saturated carbocycles. The van der Waals surface area contributed by atoms with E-state index in [0.29, 0.717) is 12.6 Å². The number of likely N-dealkylation sites (N-methyl/N-ethyl adjacent to an activating group) is 2. The van der Waals surface area contributed by atoms with Crippen LogP contribution in [0.5, 0.6) is 0 Å². The maximum Gasteiger partial charge on any atom is 0.236 e. The molecule has 2 fully saturated rings. The summed E-state index contributed by atoms with van der Waals surface area (Å²) in [5, 5.41) is 0. The van der Waals surface area contributed by atoms with E-state index in [1.165, 1.54) is 0 Å². The SMILES string of the molecule is CN1CCN2CC(=O)N(C)CC2C1. The summed E-state index contributed by atoms with van der Waals surface area (Å²) in [4.78, 5) is 17.9. The number of rotatable bonds is 0. The molecule has 0 aliphatic carbocycles. The van der Waals surface area contributed by atoms with Gasteiger partial charge in [-0.25, -0.2) is 0 Å². The van der Waals surface area contributed by atoms with E-state index in [-0.39, 0.29) is 5.91 Å². The van der Waals surface area contributed by atoms with Crippen LogP contribution in [0.1, 0.15) is 0 Å². The van der Waals surface area contributed by atoms with Crippen molar-refractivity contribution >= 4 is 5.91 Å². The molecular weight excluding hydrogens is 166 g/mol. The number of hydrogen-bond acceptors (Lipinski definition) is 3. The second kappa shape index (κ2) is 3.27. The van der Waals surface area contributed by atoms with Crippen molar-refractivity contribution in [3.05, 3.63) is 0 Å². The first kappa shape index (κ1) is 8.97. The molecule has 2 heterocycles. The molecule has 0 N–H and O–H groups in total. The molecule has 0 aromatic rings. The smallest absolute Gasteiger partial charge is 0.236 e. The highest BCUT2D eigenvalue weighted by Crippen LogP contribution is 2.13. The van der Waals surface area contributed by atoms with E-state index in [4.69, 9.17) is 0 Å². The number of nitrogens with zero attached hydrogens (tertiary/aromatic N) is 3. The first-order valence-corrected chi connectivity index (χ1v) is 4.83. The highest BCUT2D eigenvalue weighted by atomic mass is 16.2. The highest BCUT2D eigenvalue weighted by Gasteiger charge is 2.33. The van der Waals surface area contributed by atoms with Gasteiger partial charge in [-0.3, -0.25) is 9.69 Å². The van der Waals surface area contributed by atoms with Crippen LogP contribution in [0.25, 0.3) is 0 Å². The van der Waals surface area contributed by atoms with Crippen molar-refractivity contribution in [3.63, 3.8) is 0 Å². The summed E-state index contributed by atoms with van der Waals surface area (Å²) < 4.78 is 0. The molecule has 2 aliphatic heterocycles. The van der Waals surface area contributed by atoms with Crippen molar-refractivity contribution < 1.29 is 4.79 Å². The van der Waals surface area contributed by atoms with Crippen LogP contribution in [-0.2, 0) is 4.79 Å². The lowest BCUT2D eigenvalue weighted by Crippen LogP contribution is -2.62. The molecule has 0 aromatic carbocycles. The Morgan fingerprint density at radius 3 is 2.77 bits per heavy atom. The average Bonchev–Trinajstić information content (AvgIpc) is 2.08. The maximum atomic E-state index is 11.4. The van der Waals surface area contributed by atoms with Crippen LogP contribution in [0.15, 0.2) is 0 Å². The van der Waals surface area contributed by atoms with Crippen LogP contribution in [-0.4, -0.2) is 73.5 Å². The van der Waals surface area contributed by atoms with Crippen molar-refractivity contribution in [2.75, 3.05) is 46.8 Å². The molecular formula is C9H17N3O. The summed E-state index contributed by atoms with van der Waals surface area (Å²) >= 11 is 0. The Morgan fingerprint density at radius 1 is 1.23 bits per heavy atom. The quantitative estimate of drug-likeness (QED) is 0.486. The molecule has 2 rings (SSSR count). The van der Waals surface area contributed by atoms with Gasteiger partial charge in [0.25, 0.3) is 0 Å². The van der Waals surface area contributed by atoms with Crippen LogP contribution < -0.4 is 0 Å². The summed E-state index contributed by atoms with van der Waals surface area (Å²) in [5.41, 5.74) is 0. The molecule has 0 bridgehead atoms. The molecule has 2 aliphatic rings. The molecule has 0 radical (unpaired) electrons. The number of carbonyl (C=O) groups excluding carboxylic acids is 1. The normalized spacial score (nSPS) is 32.0. The van der Waals surface area contributed by atoms with Crippen molar-refractivity contribution in [2.45, 2.75) is 6.04 Å². The minimum atomic E-state index is 0.265. The van der Waals surface area contributed by atoms with Gasteiger partial charge in [-0.15, -0.1) is 0 Å². The van der Waals surface area contributed by atoms with E-state index in [2.05, 4.69) is 16.8 Å². The van der Waals surface area contributed by atoms with Crippen LogP contribution in [0, 0.1) is 0 Å². The largest absolute Gasteiger partial charge is 0.343 e. The predicted octanol–water partition coefficient (Wildman–Crippen LogP) is -0.926. The molecule has 4 heteroatoms. The number of piperazine rings is 2. The third-order valence-corrected chi connectivity index (χ3v) is 3.06. The molecule has 2 saturated heterocycles. The van der Waals surface area contributed by atoms with Gasteiger partial charge in [0.1, 0.15) is 0 Å². The van der Waals surface area contributed by atoms with Gasteiger partial charge in [-0.2, -0.15) is 0 Å². The standard InChI is InChI=1S/C9H17N3O/c1-10-3-4-12-7-9(13)11(2)6-8(12)5-10/h8H,3-7H2,1-2H3. The predicted molar refractivity (Wildman–Crippen MR) is 50.5 cm³/mol. The lowest BCUT2D eigenvalue weighted by atomic mass is 10.1. The number of carbonyl (C=O) groups is 1. The first-order valence-electron chi connectivity index (χ1n) is 4.83. The number of hydrogen-bond donors (Lipinski definition) is 0. The average molecular weight is 183 g/mol. The van der Waals surface area contributed by atoms with E-state index in [1.54, 1.807) is 0 Å². The third kappa shape index (κ3) is 1.69. The van der Waals surface area contributed by atoms with Crippen LogP contribution in [0.3, 0.4) is 0 Å².